The molecule has 0 saturated carbocycles. The second-order valence-electron chi connectivity index (χ2n) is 7.66. The number of rotatable bonds is 12. The Bertz CT molecular complexity index is 1350. The summed E-state index contributed by atoms with van der Waals surface area (Å²) in [6.45, 7) is 0.306. The Morgan fingerprint density at radius 2 is 1.18 bits per heavy atom. The molecule has 1 N–H and O–H groups in total. The van der Waals surface area contributed by atoms with Gasteiger partial charge < -0.3 is 33.1 Å². The van der Waals surface area contributed by atoms with Gasteiger partial charge in [-0.05, 0) is 45.7 Å². The van der Waals surface area contributed by atoms with Crippen LogP contribution in [-0.4, -0.2) is 44.3 Å². The van der Waals surface area contributed by atoms with Crippen molar-refractivity contribution < 1.29 is 45.7 Å². The summed E-state index contributed by atoms with van der Waals surface area (Å²) < 4.78 is 56.9. The zero-order chi connectivity index (χ0) is 27.4. The van der Waals surface area contributed by atoms with Gasteiger partial charge in [0.2, 0.25) is 0 Å². The first-order valence-electron chi connectivity index (χ1n) is 11.2. The smallest absolute Gasteiger partial charge is 0.264 e. The number of benzene rings is 2. The third kappa shape index (κ3) is 9.76. The molecule has 0 spiro atoms. The molecule has 0 atom stereocenters. The lowest BCUT2D eigenvalue weighted by Crippen LogP contribution is -2.01. The van der Waals surface area contributed by atoms with Crippen LogP contribution in [0.15, 0.2) is 69.7 Å². The lowest BCUT2D eigenvalue weighted by Gasteiger charge is -2.03. The molecule has 2 heterocycles. The first-order valence-corrected chi connectivity index (χ1v) is 13.0. The number of methoxy groups -OCH3 is 2. The van der Waals surface area contributed by atoms with Crippen molar-refractivity contribution in [3.05, 3.63) is 83.3 Å². The molecule has 12 nitrogen and oxygen atoms in total. The molecule has 0 unspecified atom stereocenters. The minimum Gasteiger partial charge on any atom is -0.497 e. The molecule has 0 radical (unpaired) electrons. The van der Waals surface area contributed by atoms with E-state index in [1.807, 2.05) is 48.5 Å². The number of nitrogens with zero attached hydrogens (tertiary/aromatic N) is 2. The van der Waals surface area contributed by atoms with E-state index in [0.717, 1.165) is 28.9 Å². The van der Waals surface area contributed by atoms with Crippen LogP contribution in [0.3, 0.4) is 0 Å². The molecule has 2 aromatic heterocycles. The molecule has 0 bridgehead atoms. The maximum atomic E-state index is 10.8. The monoisotopic (exact) mass is 548 g/mol. The van der Waals surface area contributed by atoms with Gasteiger partial charge in [0.25, 0.3) is 21.9 Å². The Kier molecular flexibility index (Phi) is 10.5. The van der Waals surface area contributed by atoms with Crippen LogP contribution in [0.25, 0.3) is 0 Å². The fourth-order valence-electron chi connectivity index (χ4n) is 2.79. The van der Waals surface area contributed by atoms with Crippen LogP contribution in [0.5, 0.6) is 23.3 Å². The van der Waals surface area contributed by atoms with Gasteiger partial charge in [-0.2, -0.15) is 8.42 Å². The SMILES string of the molecule is COc1ccc(COc2cc(CO)on2)cc1.COc1ccc(COc2cc(COS(C)(=O)=O)on2)cc1. The molecule has 4 aromatic rings. The zero-order valence-corrected chi connectivity index (χ0v) is 21.8. The van der Waals surface area contributed by atoms with E-state index in [1.165, 1.54) is 6.07 Å². The van der Waals surface area contributed by atoms with Gasteiger partial charge in [-0.3, -0.25) is 4.18 Å². The first-order chi connectivity index (χ1) is 18.3. The second-order valence-corrected chi connectivity index (χ2v) is 9.30. The van der Waals surface area contributed by atoms with E-state index in [9.17, 15) is 8.42 Å². The lowest BCUT2D eigenvalue weighted by atomic mass is 10.2. The molecular formula is C25H28N2O10S. The molecule has 0 aliphatic carbocycles. The maximum Gasteiger partial charge on any atom is 0.264 e. The van der Waals surface area contributed by atoms with Crippen molar-refractivity contribution in [3.63, 3.8) is 0 Å². The van der Waals surface area contributed by atoms with Crippen molar-refractivity contribution >= 4 is 10.1 Å². The number of hydrogen-bond donors (Lipinski definition) is 1. The van der Waals surface area contributed by atoms with Crippen LogP contribution < -0.4 is 18.9 Å². The average molecular weight is 549 g/mol. The van der Waals surface area contributed by atoms with Crippen molar-refractivity contribution in [2.24, 2.45) is 0 Å². The molecular weight excluding hydrogens is 520 g/mol. The maximum absolute atomic E-state index is 10.8. The quantitative estimate of drug-likeness (QED) is 0.258. The highest BCUT2D eigenvalue weighted by atomic mass is 32.2. The molecule has 0 amide bonds. The van der Waals surface area contributed by atoms with Crippen molar-refractivity contribution in [2.45, 2.75) is 26.4 Å². The fraction of sp³-hybridized carbons (Fsp3) is 0.280. The van der Waals surface area contributed by atoms with Crippen LogP contribution >= 0.6 is 0 Å². The minimum absolute atomic E-state index is 0.182. The summed E-state index contributed by atoms with van der Waals surface area (Å²) >= 11 is 0. The van der Waals surface area contributed by atoms with E-state index < -0.39 is 10.1 Å². The summed E-state index contributed by atoms with van der Waals surface area (Å²) in [4.78, 5) is 0. The van der Waals surface area contributed by atoms with Crippen LogP contribution in [0, 0.1) is 0 Å². The summed E-state index contributed by atoms with van der Waals surface area (Å²) in [6.07, 6.45) is 0.963. The summed E-state index contributed by atoms with van der Waals surface area (Å²) in [6, 6.07) is 18.0. The highest BCUT2D eigenvalue weighted by molar-refractivity contribution is 7.85. The van der Waals surface area contributed by atoms with Crippen molar-refractivity contribution in [2.75, 3.05) is 20.5 Å². The third-order valence-corrected chi connectivity index (χ3v) is 5.28. The van der Waals surface area contributed by atoms with E-state index in [-0.39, 0.29) is 24.9 Å². The molecule has 0 aliphatic heterocycles. The highest BCUT2D eigenvalue weighted by Gasteiger charge is 2.09. The fourth-order valence-corrected chi connectivity index (χ4v) is 3.12. The first kappa shape index (κ1) is 28.5. The topological polar surface area (TPSA) is 153 Å². The normalized spacial score (nSPS) is 10.8. The van der Waals surface area contributed by atoms with Crippen LogP contribution in [0.4, 0.5) is 0 Å². The molecule has 0 fully saturated rings. The minimum atomic E-state index is -3.52. The van der Waals surface area contributed by atoms with Crippen molar-refractivity contribution in [3.8, 4) is 23.3 Å². The molecule has 4 rings (SSSR count). The Balaban J connectivity index is 0.000000215. The van der Waals surface area contributed by atoms with Gasteiger partial charge in [-0.25, -0.2) is 0 Å². The summed E-state index contributed by atoms with van der Waals surface area (Å²) in [5.74, 6) is 2.85. The number of aliphatic hydroxyl groups is 1. The molecule has 2 aromatic carbocycles. The third-order valence-electron chi connectivity index (χ3n) is 4.74. The molecule has 38 heavy (non-hydrogen) atoms. The van der Waals surface area contributed by atoms with Gasteiger partial charge in [0.1, 0.15) is 37.9 Å². The van der Waals surface area contributed by atoms with Crippen LogP contribution in [-0.2, 0) is 40.7 Å². The zero-order valence-electron chi connectivity index (χ0n) is 21.0. The summed E-state index contributed by atoms with van der Waals surface area (Å²) in [7, 11) is -0.295. The second kappa shape index (κ2) is 14.0. The number of aliphatic hydroxyl groups excluding tert-OH is 1. The summed E-state index contributed by atoms with van der Waals surface area (Å²) in [5, 5.41) is 16.1. The Labute approximate surface area is 219 Å². The van der Waals surface area contributed by atoms with Gasteiger partial charge in [-0.15, -0.1) is 0 Å². The predicted molar refractivity (Wildman–Crippen MR) is 133 cm³/mol. The Morgan fingerprint density at radius 3 is 1.58 bits per heavy atom. The number of aromatic nitrogens is 2. The van der Waals surface area contributed by atoms with E-state index in [4.69, 9.17) is 33.1 Å². The molecule has 13 heteroatoms. The Morgan fingerprint density at radius 1 is 0.737 bits per heavy atom. The van der Waals surface area contributed by atoms with Crippen molar-refractivity contribution in [1.82, 2.24) is 10.3 Å². The number of hydrogen-bond acceptors (Lipinski definition) is 12. The van der Waals surface area contributed by atoms with Gasteiger partial charge in [0.15, 0.2) is 11.5 Å². The summed E-state index contributed by atoms with van der Waals surface area (Å²) in [5.41, 5.74) is 1.94. The average Bonchev–Trinajstić information content (AvgIpc) is 3.59. The van der Waals surface area contributed by atoms with Gasteiger partial charge in [-0.1, -0.05) is 24.3 Å². The van der Waals surface area contributed by atoms with E-state index >= 15 is 0 Å². The molecule has 0 aliphatic rings. The van der Waals surface area contributed by atoms with E-state index in [0.29, 0.717) is 24.9 Å². The van der Waals surface area contributed by atoms with E-state index in [1.54, 1.807) is 20.3 Å². The van der Waals surface area contributed by atoms with Gasteiger partial charge in [0, 0.05) is 12.1 Å². The predicted octanol–water partition coefficient (Wildman–Crippen LogP) is 3.49. The van der Waals surface area contributed by atoms with Crippen LogP contribution in [0.2, 0.25) is 0 Å². The number of ether oxygens (including phenoxy) is 4. The van der Waals surface area contributed by atoms with Crippen LogP contribution in [0.1, 0.15) is 22.6 Å². The van der Waals surface area contributed by atoms with E-state index in [2.05, 4.69) is 14.5 Å². The highest BCUT2D eigenvalue weighted by Crippen LogP contribution is 2.17. The standard InChI is InChI=1S/C13H15NO6S.C12H13NO4/c1-17-11-5-3-10(4-6-11)8-18-13-7-12(20-14-13)9-19-21(2,15)16;1-15-10-4-2-9(3-5-10)8-16-12-6-11(7-14)17-13-12/h3-7H,8-9H2,1-2H3;2-6,14H,7-8H2,1H3. The largest absolute Gasteiger partial charge is 0.497 e. The van der Waals surface area contributed by atoms with Gasteiger partial charge >= 0.3 is 0 Å². The lowest BCUT2D eigenvalue weighted by molar-refractivity contribution is 0.221. The molecule has 204 valence electrons. The van der Waals surface area contributed by atoms with Crippen molar-refractivity contribution in [1.29, 1.82) is 0 Å². The van der Waals surface area contributed by atoms with Gasteiger partial charge in [0.05, 0.1) is 20.5 Å². The Hall–Kier alpha value is -4.07. The molecule has 0 saturated heterocycles.